The Hall–Kier alpha value is -1.19. The van der Waals surface area contributed by atoms with Gasteiger partial charge in [-0.25, -0.2) is 4.39 Å². The van der Waals surface area contributed by atoms with Gasteiger partial charge in [0.05, 0.1) is 0 Å². The Morgan fingerprint density at radius 2 is 1.53 bits per heavy atom. The fourth-order valence-electron chi connectivity index (χ4n) is 2.15. The molecule has 0 aliphatic heterocycles. The van der Waals surface area contributed by atoms with E-state index in [2.05, 4.69) is 15.9 Å². The molecule has 1 N–H and O–H groups in total. The molecule has 2 aromatic rings. The van der Waals surface area contributed by atoms with Crippen LogP contribution in [0.1, 0.15) is 11.1 Å². The lowest BCUT2D eigenvalue weighted by molar-refractivity contribution is 0.224. The summed E-state index contributed by atoms with van der Waals surface area (Å²) in [5, 5.41) is 9.49. The summed E-state index contributed by atoms with van der Waals surface area (Å²) in [7, 11) is 0. The third-order valence-corrected chi connectivity index (χ3v) is 3.96. The lowest BCUT2D eigenvalue weighted by atomic mass is 9.93. The Kier molecular flexibility index (Phi) is 5.11. The van der Waals surface area contributed by atoms with Gasteiger partial charge in [-0.05, 0) is 42.0 Å². The van der Waals surface area contributed by atoms with E-state index in [1.165, 1.54) is 6.07 Å². The molecule has 0 spiro atoms. The second-order valence-corrected chi connectivity index (χ2v) is 5.49. The fraction of sp³-hybridized carbons (Fsp3) is 0.250. The van der Waals surface area contributed by atoms with Gasteiger partial charge in [0.25, 0.3) is 0 Å². The average Bonchev–Trinajstić information content (AvgIpc) is 2.42. The van der Waals surface area contributed by atoms with E-state index in [-0.39, 0.29) is 18.3 Å². The highest BCUT2D eigenvalue weighted by atomic mass is 79.9. The largest absolute Gasteiger partial charge is 0.396 e. The molecular formula is C16H16BrFO. The average molecular weight is 323 g/mol. The van der Waals surface area contributed by atoms with Crippen molar-refractivity contribution in [2.24, 2.45) is 5.92 Å². The zero-order valence-electron chi connectivity index (χ0n) is 10.5. The first kappa shape index (κ1) is 14.2. The Morgan fingerprint density at radius 1 is 0.947 bits per heavy atom. The fourth-order valence-corrected chi connectivity index (χ4v) is 2.60. The van der Waals surface area contributed by atoms with Gasteiger partial charge in [0.2, 0.25) is 0 Å². The predicted octanol–water partition coefficient (Wildman–Crippen LogP) is 3.98. The first-order valence-corrected chi connectivity index (χ1v) is 7.07. The molecule has 1 atom stereocenters. The van der Waals surface area contributed by atoms with Crippen LogP contribution in [-0.2, 0) is 12.8 Å². The molecule has 0 amide bonds. The van der Waals surface area contributed by atoms with Crippen molar-refractivity contribution in [1.29, 1.82) is 0 Å². The van der Waals surface area contributed by atoms with E-state index >= 15 is 0 Å². The summed E-state index contributed by atoms with van der Waals surface area (Å²) in [5.41, 5.74) is 1.80. The lowest BCUT2D eigenvalue weighted by Gasteiger charge is -2.15. The molecule has 0 saturated carbocycles. The van der Waals surface area contributed by atoms with Gasteiger partial charge in [0.1, 0.15) is 5.82 Å². The summed E-state index contributed by atoms with van der Waals surface area (Å²) in [6.07, 6.45) is 1.27. The van der Waals surface area contributed by atoms with Crippen LogP contribution in [0.5, 0.6) is 0 Å². The van der Waals surface area contributed by atoms with Crippen molar-refractivity contribution in [3.05, 3.63) is 69.9 Å². The molecule has 19 heavy (non-hydrogen) atoms. The number of halogens is 2. The number of aliphatic hydroxyl groups is 1. The van der Waals surface area contributed by atoms with Gasteiger partial charge in [-0.3, -0.25) is 0 Å². The maximum atomic E-state index is 13.6. The third-order valence-electron chi connectivity index (χ3n) is 3.19. The van der Waals surface area contributed by atoms with E-state index in [1.807, 2.05) is 30.3 Å². The topological polar surface area (TPSA) is 20.2 Å². The highest BCUT2D eigenvalue weighted by molar-refractivity contribution is 9.10. The summed E-state index contributed by atoms with van der Waals surface area (Å²) in [6.45, 7) is 0.0513. The molecule has 1 nitrogen and oxygen atoms in total. The Labute approximate surface area is 121 Å². The second-order valence-electron chi connectivity index (χ2n) is 4.64. The van der Waals surface area contributed by atoms with Gasteiger partial charge in [0.15, 0.2) is 0 Å². The molecule has 0 bridgehead atoms. The Morgan fingerprint density at radius 3 is 2.16 bits per heavy atom. The van der Waals surface area contributed by atoms with Gasteiger partial charge >= 0.3 is 0 Å². The predicted molar refractivity (Wildman–Crippen MR) is 78.5 cm³/mol. The highest BCUT2D eigenvalue weighted by Crippen LogP contribution is 2.22. The van der Waals surface area contributed by atoms with Gasteiger partial charge in [0, 0.05) is 11.1 Å². The summed E-state index contributed by atoms with van der Waals surface area (Å²) in [6, 6.07) is 14.7. The molecule has 0 fully saturated rings. The molecule has 0 saturated heterocycles. The quantitative estimate of drug-likeness (QED) is 0.882. The molecule has 2 aromatic carbocycles. The van der Waals surface area contributed by atoms with Crippen molar-refractivity contribution in [2.75, 3.05) is 6.61 Å². The van der Waals surface area contributed by atoms with Crippen LogP contribution < -0.4 is 0 Å². The highest BCUT2D eigenvalue weighted by Gasteiger charge is 2.13. The summed E-state index contributed by atoms with van der Waals surface area (Å²) < 4.78 is 14.6. The first-order valence-electron chi connectivity index (χ1n) is 6.28. The summed E-state index contributed by atoms with van der Waals surface area (Å²) >= 11 is 3.50. The maximum absolute atomic E-state index is 13.6. The summed E-state index contributed by atoms with van der Waals surface area (Å²) in [4.78, 5) is 0. The van der Waals surface area contributed by atoms with Crippen molar-refractivity contribution in [3.8, 4) is 0 Å². The Balaban J connectivity index is 2.09. The smallest absolute Gasteiger partial charge is 0.126 e. The van der Waals surface area contributed by atoms with Crippen LogP contribution in [0.25, 0.3) is 0 Å². The number of aliphatic hydroxyl groups excluding tert-OH is 1. The van der Waals surface area contributed by atoms with E-state index in [4.69, 9.17) is 0 Å². The first-order chi connectivity index (χ1) is 9.20. The van der Waals surface area contributed by atoms with Crippen LogP contribution >= 0.6 is 15.9 Å². The van der Waals surface area contributed by atoms with E-state index < -0.39 is 0 Å². The Bertz CT molecular complexity index is 494. The van der Waals surface area contributed by atoms with E-state index in [9.17, 15) is 9.50 Å². The zero-order chi connectivity index (χ0) is 13.7. The standard InChI is InChI=1S/C16H16BrFO/c17-15-7-3-1-5-13(15)9-12(11-19)10-14-6-2-4-8-16(14)18/h1-8,12,19H,9-11H2. The molecule has 3 heteroatoms. The van der Waals surface area contributed by atoms with Gasteiger partial charge in [-0.15, -0.1) is 0 Å². The third kappa shape index (κ3) is 3.88. The normalized spacial score (nSPS) is 12.4. The van der Waals surface area contributed by atoms with Gasteiger partial charge in [-0.2, -0.15) is 0 Å². The van der Waals surface area contributed by atoms with Crippen molar-refractivity contribution in [3.63, 3.8) is 0 Å². The molecule has 0 aliphatic carbocycles. The summed E-state index contributed by atoms with van der Waals surface area (Å²) in [5.74, 6) is -0.177. The van der Waals surface area contributed by atoms with Crippen LogP contribution in [0.4, 0.5) is 4.39 Å². The molecule has 0 radical (unpaired) electrons. The van der Waals surface area contributed by atoms with Crippen LogP contribution in [0.3, 0.4) is 0 Å². The maximum Gasteiger partial charge on any atom is 0.126 e. The van der Waals surface area contributed by atoms with Crippen LogP contribution in [-0.4, -0.2) is 11.7 Å². The van der Waals surface area contributed by atoms with Gasteiger partial charge < -0.3 is 5.11 Å². The van der Waals surface area contributed by atoms with E-state index in [0.29, 0.717) is 12.0 Å². The zero-order valence-corrected chi connectivity index (χ0v) is 12.1. The van der Waals surface area contributed by atoms with Crippen molar-refractivity contribution < 1.29 is 9.50 Å². The number of benzene rings is 2. The molecule has 0 aromatic heterocycles. The molecular weight excluding hydrogens is 307 g/mol. The van der Waals surface area contributed by atoms with E-state index in [1.54, 1.807) is 12.1 Å². The minimum absolute atomic E-state index is 0.0237. The van der Waals surface area contributed by atoms with Gasteiger partial charge in [-0.1, -0.05) is 52.3 Å². The molecule has 0 aliphatic rings. The molecule has 100 valence electrons. The monoisotopic (exact) mass is 322 g/mol. The lowest BCUT2D eigenvalue weighted by Crippen LogP contribution is -2.14. The minimum Gasteiger partial charge on any atom is -0.396 e. The minimum atomic E-state index is -0.201. The number of hydrogen-bond donors (Lipinski definition) is 1. The SMILES string of the molecule is OCC(Cc1ccccc1F)Cc1ccccc1Br. The molecule has 0 heterocycles. The van der Waals surface area contributed by atoms with Crippen LogP contribution in [0.15, 0.2) is 53.0 Å². The van der Waals surface area contributed by atoms with Crippen molar-refractivity contribution in [1.82, 2.24) is 0 Å². The number of hydrogen-bond acceptors (Lipinski definition) is 1. The second kappa shape index (κ2) is 6.83. The van der Waals surface area contributed by atoms with Crippen LogP contribution in [0, 0.1) is 11.7 Å². The van der Waals surface area contributed by atoms with Crippen molar-refractivity contribution >= 4 is 15.9 Å². The van der Waals surface area contributed by atoms with Crippen LogP contribution in [0.2, 0.25) is 0 Å². The van der Waals surface area contributed by atoms with E-state index in [0.717, 1.165) is 16.5 Å². The molecule has 2 rings (SSSR count). The molecule has 1 unspecified atom stereocenters. The van der Waals surface area contributed by atoms with Crippen molar-refractivity contribution in [2.45, 2.75) is 12.8 Å². The number of rotatable bonds is 5.